The van der Waals surface area contributed by atoms with E-state index in [0.717, 1.165) is 46.5 Å². The number of fused-ring (bicyclic) bond motifs is 2. The lowest BCUT2D eigenvalue weighted by Crippen LogP contribution is -2.27. The molecule has 1 atom stereocenters. The van der Waals surface area contributed by atoms with Crippen molar-refractivity contribution in [3.05, 3.63) is 56.6 Å². The van der Waals surface area contributed by atoms with Gasteiger partial charge in [0.2, 0.25) is 0 Å². The second kappa shape index (κ2) is 7.87. The van der Waals surface area contributed by atoms with E-state index in [1.165, 1.54) is 21.6 Å². The van der Waals surface area contributed by atoms with Crippen LogP contribution >= 0.6 is 22.7 Å². The number of aryl methyl sites for hydroxylation is 2. The molecule has 0 radical (unpaired) electrons. The van der Waals surface area contributed by atoms with Crippen molar-refractivity contribution < 1.29 is 4.21 Å². The van der Waals surface area contributed by atoms with Gasteiger partial charge >= 0.3 is 0 Å². The number of nitrogens with zero attached hydrogens (tertiary/aromatic N) is 1. The van der Waals surface area contributed by atoms with Gasteiger partial charge in [-0.15, -0.1) is 22.7 Å². The van der Waals surface area contributed by atoms with E-state index in [4.69, 9.17) is 0 Å². The van der Waals surface area contributed by atoms with Gasteiger partial charge in [-0.05, 0) is 79.4 Å². The molecule has 1 unspecified atom stereocenters. The third-order valence-electron chi connectivity index (χ3n) is 5.19. The molecule has 1 aliphatic rings. The summed E-state index contributed by atoms with van der Waals surface area (Å²) in [6.45, 7) is 9.27. The summed E-state index contributed by atoms with van der Waals surface area (Å²) in [4.78, 5) is 4.75. The molecule has 1 N–H and O–H groups in total. The Morgan fingerprint density at radius 2 is 1.85 bits per heavy atom. The first-order valence-electron chi connectivity index (χ1n) is 9.18. The summed E-state index contributed by atoms with van der Waals surface area (Å²) < 4.78 is 14.0. The SMILES string of the molecule is Cc1ccsc1CNCCCN1c2ccsc2S(=O)c2ccc(C)c(C)c21. The predicted molar refractivity (Wildman–Crippen MR) is 117 cm³/mol. The van der Waals surface area contributed by atoms with Gasteiger partial charge in [-0.2, -0.15) is 0 Å². The molecule has 27 heavy (non-hydrogen) atoms. The number of benzene rings is 1. The van der Waals surface area contributed by atoms with Crippen molar-refractivity contribution in [1.29, 1.82) is 0 Å². The molecule has 3 nitrogen and oxygen atoms in total. The molecule has 2 aromatic heterocycles. The minimum atomic E-state index is -1.07. The Labute approximate surface area is 171 Å². The first kappa shape index (κ1) is 18.9. The fraction of sp³-hybridized carbons (Fsp3) is 0.333. The van der Waals surface area contributed by atoms with E-state index in [9.17, 15) is 4.21 Å². The van der Waals surface area contributed by atoms with Crippen LogP contribution in [0.1, 0.15) is 28.0 Å². The van der Waals surface area contributed by atoms with Crippen molar-refractivity contribution >= 4 is 44.8 Å². The zero-order valence-electron chi connectivity index (χ0n) is 15.9. The van der Waals surface area contributed by atoms with Gasteiger partial charge in [-0.3, -0.25) is 0 Å². The van der Waals surface area contributed by atoms with E-state index in [1.807, 2.05) is 17.4 Å². The molecular formula is C21H24N2OS3. The minimum absolute atomic E-state index is 0.925. The van der Waals surface area contributed by atoms with Crippen molar-refractivity contribution in [3.63, 3.8) is 0 Å². The largest absolute Gasteiger partial charge is 0.339 e. The van der Waals surface area contributed by atoms with E-state index < -0.39 is 10.8 Å². The van der Waals surface area contributed by atoms with Crippen LogP contribution in [0, 0.1) is 20.8 Å². The Hall–Kier alpha value is -1.47. The highest BCUT2D eigenvalue weighted by Crippen LogP contribution is 2.46. The molecular weight excluding hydrogens is 392 g/mol. The Morgan fingerprint density at radius 3 is 2.63 bits per heavy atom. The third-order valence-corrected chi connectivity index (χ3v) is 8.93. The van der Waals surface area contributed by atoms with Crippen LogP contribution in [0.5, 0.6) is 0 Å². The highest BCUT2D eigenvalue weighted by Gasteiger charge is 2.30. The van der Waals surface area contributed by atoms with Crippen molar-refractivity contribution in [3.8, 4) is 0 Å². The van der Waals surface area contributed by atoms with Gasteiger partial charge in [0, 0.05) is 18.0 Å². The molecule has 0 amide bonds. The highest BCUT2D eigenvalue weighted by atomic mass is 32.2. The maximum Gasteiger partial charge on any atom is 0.120 e. The monoisotopic (exact) mass is 416 g/mol. The zero-order valence-corrected chi connectivity index (χ0v) is 18.3. The van der Waals surface area contributed by atoms with Crippen molar-refractivity contribution in [2.75, 3.05) is 18.0 Å². The van der Waals surface area contributed by atoms with Crippen LogP contribution in [0.3, 0.4) is 0 Å². The maximum absolute atomic E-state index is 13.0. The lowest BCUT2D eigenvalue weighted by Gasteiger charge is -2.33. The number of rotatable bonds is 6. The van der Waals surface area contributed by atoms with Crippen LogP contribution in [-0.2, 0) is 17.3 Å². The average molecular weight is 417 g/mol. The standard InChI is InChI=1S/C21H24N2OS3/c1-14-5-6-19-20(16(14)3)23(17-8-12-26-21(17)27(19)24)10-4-9-22-13-18-15(2)7-11-25-18/h5-8,11-12,22H,4,9-10,13H2,1-3H3. The fourth-order valence-electron chi connectivity index (χ4n) is 3.49. The molecule has 0 spiro atoms. The molecule has 3 aromatic rings. The molecule has 3 heterocycles. The maximum atomic E-state index is 13.0. The van der Waals surface area contributed by atoms with Crippen LogP contribution in [0.4, 0.5) is 11.4 Å². The number of hydrogen-bond acceptors (Lipinski definition) is 5. The van der Waals surface area contributed by atoms with Crippen molar-refractivity contribution in [1.82, 2.24) is 5.32 Å². The Kier molecular flexibility index (Phi) is 5.50. The summed E-state index contributed by atoms with van der Waals surface area (Å²) in [5.41, 5.74) is 6.12. The molecule has 1 aromatic carbocycles. The molecule has 1 aliphatic heterocycles. The van der Waals surface area contributed by atoms with Crippen LogP contribution in [-0.4, -0.2) is 17.3 Å². The number of nitrogens with one attached hydrogen (secondary N) is 1. The van der Waals surface area contributed by atoms with E-state index in [-0.39, 0.29) is 0 Å². The molecule has 0 saturated heterocycles. The van der Waals surface area contributed by atoms with Crippen LogP contribution in [0.15, 0.2) is 44.1 Å². The second-order valence-electron chi connectivity index (χ2n) is 6.92. The fourth-order valence-corrected chi connectivity index (χ4v) is 6.97. The van der Waals surface area contributed by atoms with Crippen LogP contribution in [0.25, 0.3) is 0 Å². The molecule has 6 heteroatoms. The minimum Gasteiger partial charge on any atom is -0.339 e. The van der Waals surface area contributed by atoms with Gasteiger partial charge < -0.3 is 10.2 Å². The first-order chi connectivity index (χ1) is 13.1. The van der Waals surface area contributed by atoms with Gasteiger partial charge in [0.05, 0.1) is 27.1 Å². The number of thiophene rings is 2. The summed E-state index contributed by atoms with van der Waals surface area (Å²) in [7, 11) is -1.07. The average Bonchev–Trinajstić information content (AvgIpc) is 3.29. The molecule has 142 valence electrons. The summed E-state index contributed by atoms with van der Waals surface area (Å²) >= 11 is 3.42. The van der Waals surface area contributed by atoms with E-state index in [2.05, 4.69) is 59.9 Å². The molecule has 0 saturated carbocycles. The van der Waals surface area contributed by atoms with E-state index in [0.29, 0.717) is 0 Å². The summed E-state index contributed by atoms with van der Waals surface area (Å²) in [5, 5.41) is 7.78. The topological polar surface area (TPSA) is 32.3 Å². The second-order valence-corrected chi connectivity index (χ2v) is 10.5. The lowest BCUT2D eigenvalue weighted by atomic mass is 10.1. The Morgan fingerprint density at radius 1 is 1.04 bits per heavy atom. The summed E-state index contributed by atoms with van der Waals surface area (Å²) in [5.74, 6) is 0. The normalized spacial score (nSPS) is 15.7. The quantitative estimate of drug-likeness (QED) is 0.536. The van der Waals surface area contributed by atoms with Crippen molar-refractivity contribution in [2.24, 2.45) is 0 Å². The van der Waals surface area contributed by atoms with Crippen LogP contribution < -0.4 is 10.2 Å². The van der Waals surface area contributed by atoms with Gasteiger partial charge in [-0.25, -0.2) is 4.21 Å². The van der Waals surface area contributed by atoms with Gasteiger partial charge in [0.25, 0.3) is 0 Å². The van der Waals surface area contributed by atoms with Crippen molar-refractivity contribution in [2.45, 2.75) is 42.8 Å². The van der Waals surface area contributed by atoms with E-state index >= 15 is 0 Å². The summed E-state index contributed by atoms with van der Waals surface area (Å²) in [6, 6.07) is 8.43. The molecule has 0 fully saturated rings. The Bertz CT molecular complexity index is 989. The predicted octanol–water partition coefficient (Wildman–Crippen LogP) is 5.53. The van der Waals surface area contributed by atoms with Gasteiger partial charge in [0.15, 0.2) is 0 Å². The first-order valence-corrected chi connectivity index (χ1v) is 12.1. The summed E-state index contributed by atoms with van der Waals surface area (Å²) in [6.07, 6.45) is 1.04. The van der Waals surface area contributed by atoms with Gasteiger partial charge in [0.1, 0.15) is 4.21 Å². The van der Waals surface area contributed by atoms with E-state index in [1.54, 1.807) is 11.3 Å². The number of hydrogen-bond donors (Lipinski definition) is 1. The lowest BCUT2D eigenvalue weighted by molar-refractivity contribution is 0.650. The smallest absolute Gasteiger partial charge is 0.120 e. The molecule has 0 aliphatic carbocycles. The van der Waals surface area contributed by atoms with Crippen LogP contribution in [0.2, 0.25) is 0 Å². The highest BCUT2D eigenvalue weighted by molar-refractivity contribution is 7.87. The number of anilines is 2. The third kappa shape index (κ3) is 3.51. The Balaban J connectivity index is 1.50. The molecule has 0 bridgehead atoms. The zero-order chi connectivity index (χ0) is 19.0. The van der Waals surface area contributed by atoms with Gasteiger partial charge in [-0.1, -0.05) is 6.07 Å². The molecule has 4 rings (SSSR count).